The molecule has 1 amide bonds. The summed E-state index contributed by atoms with van der Waals surface area (Å²) in [5, 5.41) is 3.33. The fraction of sp³-hybridized carbons (Fsp3) is 0.350. The normalized spacial score (nSPS) is 11.6. The average Bonchev–Trinajstić information content (AvgIpc) is 2.65. The second-order valence-electron chi connectivity index (χ2n) is 5.73. The molecule has 2 rings (SSSR count). The first kappa shape index (κ1) is 19.2. The zero-order valence-corrected chi connectivity index (χ0v) is 15.8. The van der Waals surface area contributed by atoms with Crippen LogP contribution >= 0.6 is 11.8 Å². The first-order chi connectivity index (χ1) is 12.1. The highest BCUT2D eigenvalue weighted by Crippen LogP contribution is 2.27. The van der Waals surface area contributed by atoms with Gasteiger partial charge in [0.1, 0.15) is 11.5 Å². The summed E-state index contributed by atoms with van der Waals surface area (Å²) in [5.74, 6) is 1.71. The molecule has 0 spiro atoms. The lowest BCUT2D eigenvalue weighted by Gasteiger charge is -2.12. The molecule has 0 saturated carbocycles. The van der Waals surface area contributed by atoms with Crippen molar-refractivity contribution in [2.24, 2.45) is 0 Å². The van der Waals surface area contributed by atoms with Crippen LogP contribution in [0.4, 0.5) is 0 Å². The number of carbonyl (C=O) groups is 1. The smallest absolute Gasteiger partial charge is 0.220 e. The molecular weight excluding hydrogens is 334 g/mol. The van der Waals surface area contributed by atoms with E-state index in [1.54, 1.807) is 26.0 Å². The highest BCUT2D eigenvalue weighted by Gasteiger charge is 2.09. The lowest BCUT2D eigenvalue weighted by molar-refractivity contribution is -0.121. The number of ether oxygens (including phenoxy) is 2. The summed E-state index contributed by atoms with van der Waals surface area (Å²) < 4.78 is 10.5. The van der Waals surface area contributed by atoms with Crippen LogP contribution in [0.25, 0.3) is 0 Å². The Labute approximate surface area is 153 Å². The first-order valence-corrected chi connectivity index (χ1v) is 9.19. The molecule has 1 N–H and O–H groups in total. The van der Waals surface area contributed by atoms with Gasteiger partial charge in [-0.3, -0.25) is 4.79 Å². The molecule has 1 unspecified atom stereocenters. The van der Waals surface area contributed by atoms with Crippen molar-refractivity contribution in [2.45, 2.75) is 36.5 Å². The van der Waals surface area contributed by atoms with Gasteiger partial charge < -0.3 is 14.8 Å². The average molecular weight is 359 g/mol. The van der Waals surface area contributed by atoms with Crippen molar-refractivity contribution in [3.05, 3.63) is 54.1 Å². The van der Waals surface area contributed by atoms with E-state index in [2.05, 4.69) is 12.2 Å². The molecule has 2 aromatic carbocycles. The fourth-order valence-electron chi connectivity index (χ4n) is 2.41. The molecule has 0 heterocycles. The third kappa shape index (κ3) is 6.35. The Bertz CT molecular complexity index is 673. The summed E-state index contributed by atoms with van der Waals surface area (Å²) in [6.07, 6.45) is 1.34. The molecule has 0 radical (unpaired) electrons. The van der Waals surface area contributed by atoms with Crippen molar-refractivity contribution in [1.29, 1.82) is 0 Å². The summed E-state index contributed by atoms with van der Waals surface area (Å²) in [6.45, 7) is 2.63. The second kappa shape index (κ2) is 9.99. The van der Waals surface area contributed by atoms with E-state index in [1.165, 1.54) is 4.90 Å². The van der Waals surface area contributed by atoms with Gasteiger partial charge in [-0.15, -0.1) is 11.8 Å². The monoisotopic (exact) mass is 359 g/mol. The maximum atomic E-state index is 12.1. The highest BCUT2D eigenvalue weighted by molar-refractivity contribution is 7.99. The van der Waals surface area contributed by atoms with E-state index >= 15 is 0 Å². The predicted octanol–water partition coefficient (Wildman–Crippen LogP) is 4.28. The maximum absolute atomic E-state index is 12.1. The molecule has 4 nitrogen and oxygen atoms in total. The first-order valence-electron chi connectivity index (χ1n) is 8.31. The van der Waals surface area contributed by atoms with Crippen molar-refractivity contribution in [3.63, 3.8) is 0 Å². The van der Waals surface area contributed by atoms with Gasteiger partial charge in [0.05, 0.1) is 14.2 Å². The lowest BCUT2D eigenvalue weighted by atomic mass is 10.2. The minimum Gasteiger partial charge on any atom is -0.497 e. The number of amides is 1. The Hall–Kier alpha value is -2.14. The number of hydrogen-bond donors (Lipinski definition) is 1. The van der Waals surface area contributed by atoms with Gasteiger partial charge in [-0.05, 0) is 36.8 Å². The topological polar surface area (TPSA) is 47.6 Å². The zero-order chi connectivity index (χ0) is 18.1. The Balaban J connectivity index is 1.73. The van der Waals surface area contributed by atoms with Crippen molar-refractivity contribution in [2.75, 3.05) is 14.2 Å². The van der Waals surface area contributed by atoms with Gasteiger partial charge in [0.2, 0.25) is 5.91 Å². The summed E-state index contributed by atoms with van der Waals surface area (Å²) in [6, 6.07) is 15.7. The molecule has 0 fully saturated rings. The van der Waals surface area contributed by atoms with E-state index in [1.807, 2.05) is 48.5 Å². The molecule has 0 aliphatic rings. The molecule has 2 aromatic rings. The zero-order valence-electron chi connectivity index (χ0n) is 15.0. The fourth-order valence-corrected chi connectivity index (χ4v) is 3.40. The molecule has 0 saturated heterocycles. The van der Waals surface area contributed by atoms with Gasteiger partial charge in [0.25, 0.3) is 0 Å². The van der Waals surface area contributed by atoms with E-state index in [4.69, 9.17) is 9.47 Å². The molecule has 0 aromatic heterocycles. The summed E-state index contributed by atoms with van der Waals surface area (Å²) >= 11 is 1.77. The van der Waals surface area contributed by atoms with E-state index in [-0.39, 0.29) is 5.91 Å². The quantitative estimate of drug-likeness (QED) is 0.679. The van der Waals surface area contributed by atoms with Gasteiger partial charge in [-0.25, -0.2) is 0 Å². The number of benzene rings is 2. The van der Waals surface area contributed by atoms with Gasteiger partial charge in [-0.2, -0.15) is 0 Å². The van der Waals surface area contributed by atoms with Crippen LogP contribution < -0.4 is 14.8 Å². The van der Waals surface area contributed by atoms with E-state index in [0.29, 0.717) is 18.2 Å². The van der Waals surface area contributed by atoms with Crippen molar-refractivity contribution >= 4 is 17.7 Å². The van der Waals surface area contributed by atoms with E-state index < -0.39 is 0 Å². The van der Waals surface area contributed by atoms with Crippen LogP contribution in [0, 0.1) is 0 Å². The third-order valence-electron chi connectivity index (χ3n) is 3.84. The van der Waals surface area contributed by atoms with Crippen molar-refractivity contribution < 1.29 is 14.3 Å². The molecule has 0 bridgehead atoms. The van der Waals surface area contributed by atoms with Crippen molar-refractivity contribution in [3.8, 4) is 11.5 Å². The van der Waals surface area contributed by atoms with E-state index in [0.717, 1.165) is 23.5 Å². The lowest BCUT2D eigenvalue weighted by Crippen LogP contribution is -2.23. The third-order valence-corrected chi connectivity index (χ3v) is 5.03. The van der Waals surface area contributed by atoms with Crippen LogP contribution in [0.2, 0.25) is 0 Å². The highest BCUT2D eigenvalue weighted by atomic mass is 32.2. The predicted molar refractivity (Wildman–Crippen MR) is 102 cm³/mol. The van der Waals surface area contributed by atoms with Crippen LogP contribution in [0.1, 0.15) is 25.3 Å². The Morgan fingerprint density at radius 3 is 2.48 bits per heavy atom. The number of rotatable bonds is 9. The molecular formula is C20H25NO3S. The van der Waals surface area contributed by atoms with Crippen LogP contribution in [0.15, 0.2) is 53.4 Å². The Morgan fingerprint density at radius 1 is 1.08 bits per heavy atom. The molecule has 25 heavy (non-hydrogen) atoms. The van der Waals surface area contributed by atoms with Gasteiger partial charge in [0, 0.05) is 28.7 Å². The summed E-state index contributed by atoms with van der Waals surface area (Å²) in [7, 11) is 3.30. The van der Waals surface area contributed by atoms with Gasteiger partial charge >= 0.3 is 0 Å². The molecule has 1 atom stereocenters. The van der Waals surface area contributed by atoms with Crippen LogP contribution in [-0.2, 0) is 11.3 Å². The van der Waals surface area contributed by atoms with Crippen LogP contribution in [-0.4, -0.2) is 25.4 Å². The van der Waals surface area contributed by atoms with Gasteiger partial charge in [0.15, 0.2) is 0 Å². The number of methoxy groups -OCH3 is 2. The minimum absolute atomic E-state index is 0.0630. The molecule has 5 heteroatoms. The molecule has 134 valence electrons. The molecule has 0 aliphatic heterocycles. The molecule has 0 aliphatic carbocycles. The SMILES string of the molecule is COc1ccc(SC(C)CCC(=O)NCc2ccccc2OC)cc1. The number of nitrogens with one attached hydrogen (secondary N) is 1. The van der Waals surface area contributed by atoms with Gasteiger partial charge in [-0.1, -0.05) is 25.1 Å². The largest absolute Gasteiger partial charge is 0.497 e. The summed E-state index contributed by atoms with van der Waals surface area (Å²) in [4.78, 5) is 13.3. The number of para-hydroxylation sites is 1. The maximum Gasteiger partial charge on any atom is 0.220 e. The van der Waals surface area contributed by atoms with Crippen LogP contribution in [0.5, 0.6) is 11.5 Å². The van der Waals surface area contributed by atoms with Crippen molar-refractivity contribution in [1.82, 2.24) is 5.32 Å². The Kier molecular flexibility index (Phi) is 7.67. The Morgan fingerprint density at radius 2 is 1.80 bits per heavy atom. The van der Waals surface area contributed by atoms with E-state index in [9.17, 15) is 4.79 Å². The number of thioether (sulfide) groups is 1. The minimum atomic E-state index is 0.0630. The second-order valence-corrected chi connectivity index (χ2v) is 7.24. The summed E-state index contributed by atoms with van der Waals surface area (Å²) in [5.41, 5.74) is 0.985. The standard InChI is InChI=1S/C20H25NO3S/c1-15(25-18-11-9-17(23-2)10-12-18)8-13-20(22)21-14-16-6-4-5-7-19(16)24-3/h4-7,9-12,15H,8,13-14H2,1-3H3,(H,21,22). The van der Waals surface area contributed by atoms with Crippen LogP contribution in [0.3, 0.4) is 0 Å². The number of hydrogen-bond acceptors (Lipinski definition) is 4. The number of carbonyl (C=O) groups excluding carboxylic acids is 1.